The van der Waals surface area contributed by atoms with Crippen LogP contribution in [-0.4, -0.2) is 13.0 Å². The third-order valence-electron chi connectivity index (χ3n) is 3.18. The quantitative estimate of drug-likeness (QED) is 0.796. The van der Waals surface area contributed by atoms with Crippen molar-refractivity contribution < 1.29 is 12.8 Å². The predicted octanol–water partition coefficient (Wildman–Crippen LogP) is 1.74. The van der Waals surface area contributed by atoms with Crippen LogP contribution in [0.15, 0.2) is 75.0 Å². The zero-order chi connectivity index (χ0) is 15.7. The van der Waals surface area contributed by atoms with Gasteiger partial charge in [-0.25, -0.2) is 22.9 Å². The Morgan fingerprint density at radius 2 is 1.59 bits per heavy atom. The topological polar surface area (TPSA) is 95.3 Å². The van der Waals surface area contributed by atoms with E-state index in [0.29, 0.717) is 16.9 Å². The van der Waals surface area contributed by atoms with E-state index in [2.05, 4.69) is 0 Å². The molecule has 3 aromatic rings. The summed E-state index contributed by atoms with van der Waals surface area (Å²) in [6.07, 6.45) is 1.22. The van der Waals surface area contributed by atoms with Crippen molar-refractivity contribution in [3.05, 3.63) is 71.4 Å². The number of hydrogen-bond donors (Lipinski definition) is 1. The molecular formula is C15H12N2O4S. The standard InChI is InChI=1S/C15H12N2O4S/c16-22(19,20)14-9-5-4-8-12(14)13-10-21-15(18)17(13)11-6-2-1-3-7-11/h1-10H,(H2,16,19,20). The number of nitrogens with zero attached hydrogens (tertiary/aromatic N) is 1. The fourth-order valence-electron chi connectivity index (χ4n) is 2.24. The van der Waals surface area contributed by atoms with Gasteiger partial charge in [0.1, 0.15) is 6.26 Å². The Labute approximate surface area is 126 Å². The molecule has 0 aliphatic carbocycles. The van der Waals surface area contributed by atoms with Crippen LogP contribution in [0.1, 0.15) is 0 Å². The number of oxazole rings is 1. The van der Waals surface area contributed by atoms with E-state index in [1.807, 2.05) is 6.07 Å². The zero-order valence-corrected chi connectivity index (χ0v) is 12.2. The van der Waals surface area contributed by atoms with Crippen molar-refractivity contribution in [2.45, 2.75) is 4.90 Å². The van der Waals surface area contributed by atoms with E-state index in [1.165, 1.54) is 16.9 Å². The Bertz CT molecular complexity index is 972. The van der Waals surface area contributed by atoms with Gasteiger partial charge < -0.3 is 4.42 Å². The molecule has 112 valence electrons. The lowest BCUT2D eigenvalue weighted by Crippen LogP contribution is -2.16. The maximum atomic E-state index is 12.0. The predicted molar refractivity (Wildman–Crippen MR) is 81.1 cm³/mol. The summed E-state index contributed by atoms with van der Waals surface area (Å²) in [6.45, 7) is 0. The van der Waals surface area contributed by atoms with Crippen molar-refractivity contribution in [3.8, 4) is 16.9 Å². The van der Waals surface area contributed by atoms with Gasteiger partial charge in [0.15, 0.2) is 0 Å². The van der Waals surface area contributed by atoms with Gasteiger partial charge in [-0.1, -0.05) is 36.4 Å². The Balaban J connectivity index is 2.31. The molecule has 0 saturated carbocycles. The van der Waals surface area contributed by atoms with Gasteiger partial charge >= 0.3 is 5.76 Å². The summed E-state index contributed by atoms with van der Waals surface area (Å²) in [5, 5.41) is 5.24. The fourth-order valence-corrected chi connectivity index (χ4v) is 2.99. The van der Waals surface area contributed by atoms with E-state index in [0.717, 1.165) is 0 Å². The zero-order valence-electron chi connectivity index (χ0n) is 11.3. The molecule has 3 rings (SSSR count). The van der Waals surface area contributed by atoms with Gasteiger partial charge in [-0.05, 0) is 18.2 Å². The van der Waals surface area contributed by atoms with Crippen molar-refractivity contribution in [2.24, 2.45) is 5.14 Å². The van der Waals surface area contributed by atoms with Crippen LogP contribution < -0.4 is 10.9 Å². The molecule has 0 fully saturated rings. The maximum absolute atomic E-state index is 12.0. The molecule has 0 atom stereocenters. The molecule has 1 aromatic heterocycles. The Kier molecular flexibility index (Phi) is 3.44. The summed E-state index contributed by atoms with van der Waals surface area (Å²) in [5.41, 5.74) is 1.20. The average molecular weight is 316 g/mol. The molecule has 0 amide bonds. The third kappa shape index (κ3) is 2.47. The Hall–Kier alpha value is -2.64. The van der Waals surface area contributed by atoms with Gasteiger partial charge in [0.25, 0.3) is 0 Å². The lowest BCUT2D eigenvalue weighted by molar-refractivity contribution is 0.504. The van der Waals surface area contributed by atoms with E-state index < -0.39 is 15.8 Å². The number of aromatic nitrogens is 1. The first kappa shape index (κ1) is 14.3. The third-order valence-corrected chi connectivity index (χ3v) is 4.15. The number of nitrogens with two attached hydrogens (primary N) is 1. The second kappa shape index (κ2) is 5.28. The van der Waals surface area contributed by atoms with Crippen LogP contribution >= 0.6 is 0 Å². The van der Waals surface area contributed by atoms with Crippen LogP contribution in [-0.2, 0) is 10.0 Å². The highest BCUT2D eigenvalue weighted by molar-refractivity contribution is 7.89. The van der Waals surface area contributed by atoms with Gasteiger partial charge in [-0.3, -0.25) is 0 Å². The number of hydrogen-bond acceptors (Lipinski definition) is 4. The normalized spacial score (nSPS) is 11.5. The molecule has 0 spiro atoms. The van der Waals surface area contributed by atoms with Gasteiger partial charge in [-0.2, -0.15) is 0 Å². The van der Waals surface area contributed by atoms with Crippen molar-refractivity contribution in [3.63, 3.8) is 0 Å². The molecule has 7 heteroatoms. The summed E-state index contributed by atoms with van der Waals surface area (Å²) in [4.78, 5) is 11.9. The minimum Gasteiger partial charge on any atom is -0.415 e. The summed E-state index contributed by atoms with van der Waals surface area (Å²) in [7, 11) is -3.93. The molecule has 0 unspecified atom stereocenters. The minimum absolute atomic E-state index is 0.0690. The number of benzene rings is 2. The molecule has 2 N–H and O–H groups in total. The summed E-state index contributed by atoms with van der Waals surface area (Å²) in [5.74, 6) is -0.606. The lowest BCUT2D eigenvalue weighted by atomic mass is 10.1. The molecule has 0 radical (unpaired) electrons. The van der Waals surface area contributed by atoms with E-state index in [-0.39, 0.29) is 4.90 Å². The maximum Gasteiger partial charge on any atom is 0.424 e. The molecular weight excluding hydrogens is 304 g/mol. The second-order valence-electron chi connectivity index (χ2n) is 4.60. The first-order valence-corrected chi connectivity index (χ1v) is 7.91. The lowest BCUT2D eigenvalue weighted by Gasteiger charge is -2.09. The van der Waals surface area contributed by atoms with Crippen LogP contribution in [0.4, 0.5) is 0 Å². The van der Waals surface area contributed by atoms with E-state index >= 15 is 0 Å². The summed E-state index contributed by atoms with van der Waals surface area (Å²) in [6, 6.07) is 15.0. The number of primary sulfonamides is 1. The van der Waals surface area contributed by atoms with Crippen LogP contribution in [0, 0.1) is 0 Å². The largest absolute Gasteiger partial charge is 0.424 e. The monoisotopic (exact) mass is 316 g/mol. The highest BCUT2D eigenvalue weighted by atomic mass is 32.2. The summed E-state index contributed by atoms with van der Waals surface area (Å²) < 4.78 is 29.7. The number of rotatable bonds is 3. The van der Waals surface area contributed by atoms with E-state index in [9.17, 15) is 13.2 Å². The molecule has 0 aliphatic rings. The number of para-hydroxylation sites is 1. The smallest absolute Gasteiger partial charge is 0.415 e. The summed E-state index contributed by atoms with van der Waals surface area (Å²) >= 11 is 0. The Morgan fingerprint density at radius 1 is 0.955 bits per heavy atom. The second-order valence-corrected chi connectivity index (χ2v) is 6.13. The van der Waals surface area contributed by atoms with Crippen LogP contribution in [0.25, 0.3) is 16.9 Å². The fraction of sp³-hybridized carbons (Fsp3) is 0. The van der Waals surface area contributed by atoms with Crippen molar-refractivity contribution >= 4 is 10.0 Å². The van der Waals surface area contributed by atoms with Crippen molar-refractivity contribution in [1.29, 1.82) is 0 Å². The molecule has 1 heterocycles. The van der Waals surface area contributed by atoms with Gasteiger partial charge in [0, 0.05) is 5.56 Å². The number of sulfonamides is 1. The molecule has 2 aromatic carbocycles. The van der Waals surface area contributed by atoms with Gasteiger partial charge in [0.05, 0.1) is 16.3 Å². The average Bonchev–Trinajstić information content (AvgIpc) is 2.89. The molecule has 6 nitrogen and oxygen atoms in total. The van der Waals surface area contributed by atoms with Crippen LogP contribution in [0.3, 0.4) is 0 Å². The first-order chi connectivity index (χ1) is 10.5. The van der Waals surface area contributed by atoms with Crippen LogP contribution in [0.2, 0.25) is 0 Å². The van der Waals surface area contributed by atoms with Gasteiger partial charge in [0.2, 0.25) is 10.0 Å². The van der Waals surface area contributed by atoms with Gasteiger partial charge in [-0.15, -0.1) is 0 Å². The molecule has 0 aliphatic heterocycles. The first-order valence-electron chi connectivity index (χ1n) is 6.36. The van der Waals surface area contributed by atoms with E-state index in [1.54, 1.807) is 42.5 Å². The Morgan fingerprint density at radius 3 is 2.27 bits per heavy atom. The molecule has 0 bridgehead atoms. The highest BCUT2D eigenvalue weighted by Gasteiger charge is 2.20. The molecule has 22 heavy (non-hydrogen) atoms. The SMILES string of the molecule is NS(=O)(=O)c1ccccc1-c1coc(=O)n1-c1ccccc1. The van der Waals surface area contributed by atoms with Crippen molar-refractivity contribution in [1.82, 2.24) is 4.57 Å². The van der Waals surface area contributed by atoms with Crippen molar-refractivity contribution in [2.75, 3.05) is 0 Å². The molecule has 0 saturated heterocycles. The minimum atomic E-state index is -3.93. The highest BCUT2D eigenvalue weighted by Crippen LogP contribution is 2.27. The van der Waals surface area contributed by atoms with E-state index in [4.69, 9.17) is 9.56 Å². The van der Waals surface area contributed by atoms with Crippen LogP contribution in [0.5, 0.6) is 0 Å².